The van der Waals surface area contributed by atoms with Gasteiger partial charge in [-0.25, -0.2) is 0 Å². The molecule has 2 saturated heterocycles. The molecule has 0 amide bonds. The summed E-state index contributed by atoms with van der Waals surface area (Å²) < 4.78 is 5.80. The van der Waals surface area contributed by atoms with Crippen molar-refractivity contribution < 1.29 is 4.52 Å². The third-order valence-electron chi connectivity index (χ3n) is 6.31. The van der Waals surface area contributed by atoms with E-state index in [0.29, 0.717) is 33.8 Å². The molecular weight excluding hydrogens is 395 g/mol. The van der Waals surface area contributed by atoms with Crippen LogP contribution in [0.1, 0.15) is 42.6 Å². The van der Waals surface area contributed by atoms with Crippen molar-refractivity contribution in [2.45, 2.75) is 43.2 Å². The van der Waals surface area contributed by atoms with E-state index < -0.39 is 0 Å². The highest BCUT2D eigenvalue weighted by molar-refractivity contribution is 6.42. The van der Waals surface area contributed by atoms with Crippen LogP contribution in [0.3, 0.4) is 0 Å². The zero-order chi connectivity index (χ0) is 19.3. The van der Waals surface area contributed by atoms with Crippen molar-refractivity contribution in [3.05, 3.63) is 64.2 Å². The van der Waals surface area contributed by atoms with E-state index in [1.165, 1.54) is 12.0 Å². The molecule has 144 valence electrons. The Balaban J connectivity index is 1.55. The lowest BCUT2D eigenvalue weighted by atomic mass is 9.76. The molecule has 0 aliphatic carbocycles. The molecule has 28 heavy (non-hydrogen) atoms. The number of benzene rings is 1. The van der Waals surface area contributed by atoms with Crippen LogP contribution in [-0.4, -0.2) is 39.2 Å². The van der Waals surface area contributed by atoms with Crippen LogP contribution in [0, 0.1) is 0 Å². The first-order chi connectivity index (χ1) is 13.6. The standard InChI is InChI=1S/C21H20Cl2N4O/c1-27-14-3-5-18(27)19(15(11-14)13-2-4-16(22)17(23)10-13)21-25-20(26-28-21)12-6-8-24-9-7-12/h2,4,6-10,14-15,18-19H,3,5,11H2,1H3. The highest BCUT2D eigenvalue weighted by Crippen LogP contribution is 2.51. The summed E-state index contributed by atoms with van der Waals surface area (Å²) in [6.45, 7) is 0. The van der Waals surface area contributed by atoms with Gasteiger partial charge in [-0.3, -0.25) is 9.88 Å². The largest absolute Gasteiger partial charge is 0.339 e. The predicted octanol–water partition coefficient (Wildman–Crippen LogP) is 5.17. The van der Waals surface area contributed by atoms with Crippen LogP contribution in [0.25, 0.3) is 11.4 Å². The van der Waals surface area contributed by atoms with Crippen LogP contribution in [0.4, 0.5) is 0 Å². The van der Waals surface area contributed by atoms with Gasteiger partial charge in [-0.15, -0.1) is 0 Å². The van der Waals surface area contributed by atoms with Gasteiger partial charge >= 0.3 is 0 Å². The minimum atomic E-state index is 0.129. The summed E-state index contributed by atoms with van der Waals surface area (Å²) in [4.78, 5) is 11.3. The summed E-state index contributed by atoms with van der Waals surface area (Å²) in [6.07, 6.45) is 6.85. The van der Waals surface area contributed by atoms with Gasteiger partial charge in [0, 0.05) is 30.0 Å². The molecule has 2 aliphatic rings. The second-order valence-corrected chi connectivity index (χ2v) is 8.51. The summed E-state index contributed by atoms with van der Waals surface area (Å²) in [5, 5.41) is 5.42. The second-order valence-electron chi connectivity index (χ2n) is 7.70. The molecule has 0 radical (unpaired) electrons. The molecule has 0 N–H and O–H groups in total. The van der Waals surface area contributed by atoms with E-state index in [0.717, 1.165) is 18.4 Å². The highest BCUT2D eigenvalue weighted by Gasteiger charge is 2.49. The van der Waals surface area contributed by atoms with Crippen molar-refractivity contribution in [1.82, 2.24) is 20.0 Å². The molecule has 0 spiro atoms. The van der Waals surface area contributed by atoms with Crippen LogP contribution in [0.15, 0.2) is 47.2 Å². The fourth-order valence-corrected chi connectivity index (χ4v) is 5.18. The molecule has 2 aromatic heterocycles. The normalized spacial score (nSPS) is 27.2. The molecule has 5 nitrogen and oxygen atoms in total. The van der Waals surface area contributed by atoms with Gasteiger partial charge in [0.15, 0.2) is 0 Å². The zero-order valence-electron chi connectivity index (χ0n) is 15.4. The number of nitrogens with zero attached hydrogens (tertiary/aromatic N) is 4. The average molecular weight is 415 g/mol. The lowest BCUT2D eigenvalue weighted by Gasteiger charge is -2.41. The van der Waals surface area contributed by atoms with Gasteiger partial charge in [-0.05, 0) is 62.1 Å². The number of piperidine rings is 1. The van der Waals surface area contributed by atoms with Crippen molar-refractivity contribution in [3.8, 4) is 11.4 Å². The van der Waals surface area contributed by atoms with E-state index in [-0.39, 0.29) is 11.8 Å². The number of likely N-dealkylation sites (N-methyl/N-ethyl adjacent to an activating group) is 1. The van der Waals surface area contributed by atoms with Gasteiger partial charge in [0.05, 0.1) is 16.0 Å². The third kappa shape index (κ3) is 3.02. The molecule has 3 aromatic rings. The van der Waals surface area contributed by atoms with E-state index >= 15 is 0 Å². The fourth-order valence-electron chi connectivity index (χ4n) is 4.88. The molecule has 2 bridgehead atoms. The first-order valence-electron chi connectivity index (χ1n) is 9.52. The quantitative estimate of drug-likeness (QED) is 0.591. The number of pyridine rings is 1. The van der Waals surface area contributed by atoms with Gasteiger partial charge in [-0.1, -0.05) is 34.4 Å². The number of hydrogen-bond acceptors (Lipinski definition) is 5. The van der Waals surface area contributed by atoms with Gasteiger partial charge in [0.1, 0.15) is 0 Å². The fraction of sp³-hybridized carbons (Fsp3) is 0.381. The van der Waals surface area contributed by atoms with E-state index in [1.54, 1.807) is 12.4 Å². The van der Waals surface area contributed by atoms with E-state index in [9.17, 15) is 0 Å². The number of fused-ring (bicyclic) bond motifs is 2. The summed E-state index contributed by atoms with van der Waals surface area (Å²) >= 11 is 12.5. The summed E-state index contributed by atoms with van der Waals surface area (Å²) in [7, 11) is 2.21. The lowest BCUT2D eigenvalue weighted by Crippen LogP contribution is -2.44. The summed E-state index contributed by atoms with van der Waals surface area (Å²) in [5.74, 6) is 1.70. The number of halogens is 2. The molecule has 1 aromatic carbocycles. The number of hydrogen-bond donors (Lipinski definition) is 0. The first kappa shape index (κ1) is 18.1. The molecule has 4 heterocycles. The summed E-state index contributed by atoms with van der Waals surface area (Å²) in [6, 6.07) is 10.7. The summed E-state index contributed by atoms with van der Waals surface area (Å²) in [5.41, 5.74) is 2.10. The van der Waals surface area contributed by atoms with Gasteiger partial charge < -0.3 is 4.52 Å². The first-order valence-corrected chi connectivity index (χ1v) is 10.3. The van der Waals surface area contributed by atoms with Crippen LogP contribution < -0.4 is 0 Å². The average Bonchev–Trinajstić information content (AvgIpc) is 3.28. The number of rotatable bonds is 3. The molecule has 2 fully saturated rings. The topological polar surface area (TPSA) is 55.1 Å². The van der Waals surface area contributed by atoms with Gasteiger partial charge in [0.2, 0.25) is 11.7 Å². The van der Waals surface area contributed by atoms with Crippen LogP contribution in [-0.2, 0) is 0 Å². The minimum Gasteiger partial charge on any atom is -0.339 e. The Hall–Kier alpha value is -1.95. The lowest BCUT2D eigenvalue weighted by molar-refractivity contribution is 0.120. The Bertz CT molecular complexity index is 993. The molecular formula is C21H20Cl2N4O. The smallest absolute Gasteiger partial charge is 0.232 e. The predicted molar refractivity (Wildman–Crippen MR) is 109 cm³/mol. The maximum absolute atomic E-state index is 6.33. The van der Waals surface area contributed by atoms with Crippen molar-refractivity contribution in [3.63, 3.8) is 0 Å². The molecule has 5 rings (SSSR count). The van der Waals surface area contributed by atoms with Crippen molar-refractivity contribution >= 4 is 23.2 Å². The van der Waals surface area contributed by atoms with Crippen LogP contribution >= 0.6 is 23.2 Å². The van der Waals surface area contributed by atoms with Crippen molar-refractivity contribution in [2.24, 2.45) is 0 Å². The third-order valence-corrected chi connectivity index (χ3v) is 7.05. The zero-order valence-corrected chi connectivity index (χ0v) is 16.9. The maximum Gasteiger partial charge on any atom is 0.232 e. The van der Waals surface area contributed by atoms with E-state index in [1.807, 2.05) is 24.3 Å². The molecule has 4 unspecified atom stereocenters. The monoisotopic (exact) mass is 414 g/mol. The number of aromatic nitrogens is 3. The Labute approximate surface area is 173 Å². The van der Waals surface area contributed by atoms with Crippen LogP contribution in [0.5, 0.6) is 0 Å². The van der Waals surface area contributed by atoms with Crippen molar-refractivity contribution in [1.29, 1.82) is 0 Å². The molecule has 0 saturated carbocycles. The Kier molecular flexibility index (Phi) is 4.62. The molecule has 2 aliphatic heterocycles. The minimum absolute atomic E-state index is 0.129. The Morgan fingerprint density at radius 3 is 2.68 bits per heavy atom. The maximum atomic E-state index is 6.33. The van der Waals surface area contributed by atoms with Crippen LogP contribution in [0.2, 0.25) is 10.0 Å². The SMILES string of the molecule is CN1C2CCC1C(c1nc(-c3ccncc3)no1)C(c1ccc(Cl)c(Cl)c1)C2. The molecule has 4 atom stereocenters. The van der Waals surface area contributed by atoms with E-state index in [2.05, 4.69) is 28.2 Å². The van der Waals surface area contributed by atoms with Gasteiger partial charge in [-0.2, -0.15) is 4.98 Å². The van der Waals surface area contributed by atoms with Gasteiger partial charge in [0.25, 0.3) is 0 Å². The Morgan fingerprint density at radius 2 is 1.89 bits per heavy atom. The van der Waals surface area contributed by atoms with Crippen molar-refractivity contribution in [2.75, 3.05) is 7.05 Å². The van der Waals surface area contributed by atoms with E-state index in [4.69, 9.17) is 32.7 Å². The molecule has 7 heteroatoms. The highest BCUT2D eigenvalue weighted by atomic mass is 35.5. The Morgan fingerprint density at radius 1 is 1.07 bits per heavy atom. The second kappa shape index (κ2) is 7.14.